The molecule has 21 heavy (non-hydrogen) atoms. The monoisotopic (exact) mass is 297 g/mol. The molecule has 1 saturated heterocycles. The summed E-state index contributed by atoms with van der Waals surface area (Å²) in [5, 5.41) is 14.9. The molecule has 2 aliphatic rings. The van der Waals surface area contributed by atoms with Crippen LogP contribution in [0, 0.1) is 0 Å². The summed E-state index contributed by atoms with van der Waals surface area (Å²) in [4.78, 5) is 37.1. The van der Waals surface area contributed by atoms with Gasteiger partial charge >= 0.3 is 6.03 Å². The number of amides is 4. The molecule has 2 rings (SSSR count). The summed E-state index contributed by atoms with van der Waals surface area (Å²) in [7, 11) is 0. The maximum absolute atomic E-state index is 12.2. The van der Waals surface area contributed by atoms with E-state index in [4.69, 9.17) is 0 Å². The third-order valence-electron chi connectivity index (χ3n) is 4.62. The number of carbonyl (C=O) groups excluding carboxylic acids is 3. The zero-order valence-electron chi connectivity index (χ0n) is 12.6. The Morgan fingerprint density at radius 1 is 1.38 bits per heavy atom. The van der Waals surface area contributed by atoms with Crippen LogP contribution < -0.4 is 10.6 Å². The van der Waals surface area contributed by atoms with Gasteiger partial charge in [-0.25, -0.2) is 4.79 Å². The van der Waals surface area contributed by atoms with Crippen LogP contribution >= 0.6 is 0 Å². The molecule has 0 radical (unpaired) electrons. The fourth-order valence-electron chi connectivity index (χ4n) is 2.98. The van der Waals surface area contributed by atoms with Crippen molar-refractivity contribution in [1.29, 1.82) is 0 Å². The van der Waals surface area contributed by atoms with Crippen LogP contribution in [0.25, 0.3) is 0 Å². The van der Waals surface area contributed by atoms with E-state index in [1.807, 2.05) is 0 Å². The standard InChI is InChI=1S/C14H23N3O4/c1-3-13(2)11(20)17(12(21)16-13)8-10(19)15-14(9-18)6-4-5-7-14/h18H,3-9H2,1-2H3,(H,15,19)(H,16,21). The number of aliphatic hydroxyl groups excluding tert-OH is 1. The highest BCUT2D eigenvalue weighted by Gasteiger charge is 2.47. The maximum atomic E-state index is 12.2. The van der Waals surface area contributed by atoms with E-state index in [-0.39, 0.29) is 19.1 Å². The highest BCUT2D eigenvalue weighted by molar-refractivity contribution is 6.08. The SMILES string of the molecule is CCC1(C)NC(=O)N(CC(=O)NC2(CO)CCCC2)C1=O. The fourth-order valence-corrected chi connectivity index (χ4v) is 2.98. The van der Waals surface area contributed by atoms with Gasteiger partial charge in [-0.15, -0.1) is 0 Å². The highest BCUT2D eigenvalue weighted by atomic mass is 16.3. The van der Waals surface area contributed by atoms with Crippen molar-refractivity contribution in [2.45, 2.75) is 57.0 Å². The second-order valence-corrected chi connectivity index (χ2v) is 6.20. The second kappa shape index (κ2) is 5.63. The first-order valence-electron chi connectivity index (χ1n) is 7.42. The molecule has 118 valence electrons. The van der Waals surface area contributed by atoms with Crippen LogP contribution in [0.5, 0.6) is 0 Å². The minimum absolute atomic E-state index is 0.119. The summed E-state index contributed by atoms with van der Waals surface area (Å²) in [6.45, 7) is 3.03. The van der Waals surface area contributed by atoms with Crippen molar-refractivity contribution in [3.63, 3.8) is 0 Å². The van der Waals surface area contributed by atoms with Crippen molar-refractivity contribution in [3.8, 4) is 0 Å². The number of nitrogens with one attached hydrogen (secondary N) is 2. The molecule has 1 unspecified atom stereocenters. The molecular formula is C14H23N3O4. The lowest BCUT2D eigenvalue weighted by Gasteiger charge is -2.28. The first kappa shape index (κ1) is 15.8. The van der Waals surface area contributed by atoms with Gasteiger partial charge < -0.3 is 15.7 Å². The van der Waals surface area contributed by atoms with E-state index in [2.05, 4.69) is 10.6 Å². The molecule has 3 N–H and O–H groups in total. The van der Waals surface area contributed by atoms with Gasteiger partial charge in [0.25, 0.3) is 5.91 Å². The van der Waals surface area contributed by atoms with Crippen molar-refractivity contribution in [3.05, 3.63) is 0 Å². The Kier molecular flexibility index (Phi) is 4.22. The number of hydrogen-bond acceptors (Lipinski definition) is 4. The van der Waals surface area contributed by atoms with Gasteiger partial charge in [-0.05, 0) is 26.2 Å². The Morgan fingerprint density at radius 3 is 2.48 bits per heavy atom. The normalized spacial score (nSPS) is 27.9. The first-order chi connectivity index (χ1) is 9.86. The van der Waals surface area contributed by atoms with E-state index in [9.17, 15) is 19.5 Å². The van der Waals surface area contributed by atoms with Crippen LogP contribution in [0.4, 0.5) is 4.79 Å². The summed E-state index contributed by atoms with van der Waals surface area (Å²) < 4.78 is 0. The van der Waals surface area contributed by atoms with Gasteiger partial charge in [0.1, 0.15) is 12.1 Å². The minimum atomic E-state index is -0.931. The Morgan fingerprint density at radius 2 is 2.00 bits per heavy atom. The predicted molar refractivity (Wildman–Crippen MR) is 75.4 cm³/mol. The molecule has 7 nitrogen and oxygen atoms in total. The molecule has 1 heterocycles. The van der Waals surface area contributed by atoms with E-state index in [1.165, 1.54) is 0 Å². The lowest BCUT2D eigenvalue weighted by molar-refractivity contribution is -0.135. The quantitative estimate of drug-likeness (QED) is 0.628. The summed E-state index contributed by atoms with van der Waals surface area (Å²) in [6, 6.07) is -0.538. The molecule has 1 aliphatic carbocycles. The van der Waals surface area contributed by atoms with Gasteiger partial charge in [-0.3, -0.25) is 14.5 Å². The van der Waals surface area contributed by atoms with Crippen LogP contribution in [0.3, 0.4) is 0 Å². The topological polar surface area (TPSA) is 98.7 Å². The van der Waals surface area contributed by atoms with E-state index in [0.29, 0.717) is 6.42 Å². The van der Waals surface area contributed by atoms with Gasteiger partial charge in [0.05, 0.1) is 12.1 Å². The van der Waals surface area contributed by atoms with Gasteiger partial charge in [0, 0.05) is 0 Å². The molecule has 0 bridgehead atoms. The molecule has 0 aromatic heterocycles. The number of carbonyl (C=O) groups is 3. The zero-order valence-corrected chi connectivity index (χ0v) is 12.6. The molecule has 1 atom stereocenters. The van der Waals surface area contributed by atoms with E-state index >= 15 is 0 Å². The number of hydrogen-bond donors (Lipinski definition) is 3. The van der Waals surface area contributed by atoms with Crippen LogP contribution in [-0.2, 0) is 9.59 Å². The predicted octanol–water partition coefficient (Wildman–Crippen LogP) is 0.128. The molecule has 1 saturated carbocycles. The van der Waals surface area contributed by atoms with Crippen molar-refractivity contribution >= 4 is 17.8 Å². The molecule has 0 aromatic carbocycles. The number of rotatable bonds is 5. The molecule has 1 aliphatic heterocycles. The second-order valence-electron chi connectivity index (χ2n) is 6.20. The molecule has 2 fully saturated rings. The van der Waals surface area contributed by atoms with Crippen LogP contribution in [0.1, 0.15) is 46.0 Å². The van der Waals surface area contributed by atoms with Crippen molar-refractivity contribution in [2.24, 2.45) is 0 Å². The minimum Gasteiger partial charge on any atom is -0.394 e. The van der Waals surface area contributed by atoms with Gasteiger partial charge in [0.15, 0.2) is 0 Å². The Bertz CT molecular complexity index is 459. The van der Waals surface area contributed by atoms with E-state index in [1.54, 1.807) is 13.8 Å². The average Bonchev–Trinajstić information content (AvgIpc) is 2.99. The lowest BCUT2D eigenvalue weighted by Crippen LogP contribution is -2.53. The van der Waals surface area contributed by atoms with Gasteiger partial charge in [-0.1, -0.05) is 19.8 Å². The Hall–Kier alpha value is -1.63. The highest BCUT2D eigenvalue weighted by Crippen LogP contribution is 2.29. The third kappa shape index (κ3) is 2.88. The van der Waals surface area contributed by atoms with Crippen molar-refractivity contribution < 1.29 is 19.5 Å². The smallest absolute Gasteiger partial charge is 0.325 e. The maximum Gasteiger partial charge on any atom is 0.325 e. The number of aliphatic hydroxyl groups is 1. The zero-order chi connectivity index (χ0) is 15.7. The molecule has 7 heteroatoms. The third-order valence-corrected chi connectivity index (χ3v) is 4.62. The van der Waals surface area contributed by atoms with Gasteiger partial charge in [0.2, 0.25) is 5.91 Å². The molecule has 4 amide bonds. The first-order valence-corrected chi connectivity index (χ1v) is 7.42. The Balaban J connectivity index is 2.00. The largest absolute Gasteiger partial charge is 0.394 e. The van der Waals surface area contributed by atoms with Crippen LogP contribution in [0.2, 0.25) is 0 Å². The van der Waals surface area contributed by atoms with Crippen LogP contribution in [-0.4, -0.2) is 52.1 Å². The van der Waals surface area contributed by atoms with Crippen molar-refractivity contribution in [2.75, 3.05) is 13.2 Å². The number of nitrogens with zero attached hydrogens (tertiary/aromatic N) is 1. The summed E-state index contributed by atoms with van der Waals surface area (Å²) in [6.07, 6.45) is 3.83. The number of urea groups is 1. The lowest BCUT2D eigenvalue weighted by atomic mass is 9.98. The summed E-state index contributed by atoms with van der Waals surface area (Å²) >= 11 is 0. The van der Waals surface area contributed by atoms with Gasteiger partial charge in [-0.2, -0.15) is 0 Å². The van der Waals surface area contributed by atoms with E-state index < -0.39 is 23.0 Å². The van der Waals surface area contributed by atoms with Crippen LogP contribution in [0.15, 0.2) is 0 Å². The molecular weight excluding hydrogens is 274 g/mol. The average molecular weight is 297 g/mol. The van der Waals surface area contributed by atoms with E-state index in [0.717, 1.165) is 30.6 Å². The van der Waals surface area contributed by atoms with Crippen molar-refractivity contribution in [1.82, 2.24) is 15.5 Å². The Labute approximate surface area is 124 Å². The summed E-state index contributed by atoms with van der Waals surface area (Å²) in [5.41, 5.74) is -1.52. The molecule has 0 spiro atoms. The summed E-state index contributed by atoms with van der Waals surface area (Å²) in [5.74, 6) is -0.788. The molecule has 0 aromatic rings. The fraction of sp³-hybridized carbons (Fsp3) is 0.786. The number of imide groups is 1.